The molecule has 1 aliphatic carbocycles. The summed E-state index contributed by atoms with van der Waals surface area (Å²) in [7, 11) is 0. The summed E-state index contributed by atoms with van der Waals surface area (Å²) in [6.07, 6.45) is 8.74. The van der Waals surface area contributed by atoms with Crippen molar-refractivity contribution in [3.63, 3.8) is 0 Å². The van der Waals surface area contributed by atoms with E-state index in [0.717, 1.165) is 19.3 Å². The largest absolute Gasteiger partial charge is 0.306 e. The molecule has 0 saturated carbocycles. The van der Waals surface area contributed by atoms with Gasteiger partial charge in [-0.3, -0.25) is 9.97 Å². The Balaban J connectivity index is 1.53. The summed E-state index contributed by atoms with van der Waals surface area (Å²) in [5.74, 6) is 0. The molecule has 2 aromatic heterocycles. The Morgan fingerprint density at radius 1 is 0.679 bits per heavy atom. The van der Waals surface area contributed by atoms with Gasteiger partial charge in [-0.25, -0.2) is 0 Å². The van der Waals surface area contributed by atoms with E-state index < -0.39 is 0 Å². The van der Waals surface area contributed by atoms with Gasteiger partial charge in [-0.15, -0.1) is 0 Å². The first-order chi connectivity index (χ1) is 13.9. The molecule has 3 heteroatoms. The van der Waals surface area contributed by atoms with Crippen molar-refractivity contribution in [1.29, 1.82) is 0 Å². The Morgan fingerprint density at radius 3 is 2.57 bits per heavy atom. The van der Waals surface area contributed by atoms with E-state index in [4.69, 9.17) is 4.98 Å². The highest BCUT2D eigenvalue weighted by Gasteiger charge is 2.33. The predicted octanol–water partition coefficient (Wildman–Crippen LogP) is 5.33. The van der Waals surface area contributed by atoms with Crippen molar-refractivity contribution in [2.24, 2.45) is 0 Å². The molecule has 0 bridgehead atoms. The maximum Gasteiger partial charge on any atom is 0.0716 e. The zero-order chi connectivity index (χ0) is 18.2. The molecule has 7 rings (SSSR count). The lowest BCUT2D eigenvalue weighted by Crippen LogP contribution is -2.25. The predicted molar refractivity (Wildman–Crippen MR) is 111 cm³/mol. The quantitative estimate of drug-likeness (QED) is 0.367. The van der Waals surface area contributed by atoms with Crippen molar-refractivity contribution in [2.45, 2.75) is 19.3 Å². The lowest BCUT2D eigenvalue weighted by Gasteiger charge is -2.38. The van der Waals surface area contributed by atoms with Gasteiger partial charge in [0.2, 0.25) is 0 Å². The smallest absolute Gasteiger partial charge is 0.0716 e. The van der Waals surface area contributed by atoms with Crippen molar-refractivity contribution < 1.29 is 0 Å². The van der Waals surface area contributed by atoms with Crippen LogP contribution in [0.4, 0.5) is 17.1 Å². The molecule has 132 valence electrons. The maximum absolute atomic E-state index is 4.75. The number of fused-ring (bicyclic) bond motifs is 7. The van der Waals surface area contributed by atoms with E-state index in [0.29, 0.717) is 0 Å². The van der Waals surface area contributed by atoms with Crippen LogP contribution in [0.5, 0.6) is 0 Å². The number of anilines is 3. The van der Waals surface area contributed by atoms with Gasteiger partial charge in [0.25, 0.3) is 0 Å². The zero-order valence-electron chi connectivity index (χ0n) is 15.3. The second kappa shape index (κ2) is 5.08. The number of benzene rings is 2. The fraction of sp³-hybridized carbons (Fsp3) is 0.120. The van der Waals surface area contributed by atoms with Crippen molar-refractivity contribution >= 4 is 17.1 Å². The second-order valence-electron chi connectivity index (χ2n) is 7.93. The average molecular weight is 359 g/mol. The van der Waals surface area contributed by atoms with Crippen LogP contribution in [-0.4, -0.2) is 9.97 Å². The van der Waals surface area contributed by atoms with Gasteiger partial charge in [0.05, 0.1) is 29.0 Å². The highest BCUT2D eigenvalue weighted by atomic mass is 15.2. The minimum atomic E-state index is 0.897. The fourth-order valence-electron chi connectivity index (χ4n) is 5.18. The molecule has 4 aromatic rings. The van der Waals surface area contributed by atoms with Crippen molar-refractivity contribution in [1.82, 2.24) is 9.97 Å². The molecule has 2 aliphatic heterocycles. The van der Waals surface area contributed by atoms with Crippen LogP contribution in [0.2, 0.25) is 0 Å². The standard InChI is InChI=1S/C25H17N3/c1-2-4-20-15(3-1)9-18-11-19-12-22-25-17(6-8-27-22)10-16-5-7-26-14-24(16)28(25)23(19)13-21(18)20/h1-8,11,13-14H,9-10,12H2. The average Bonchev–Trinajstić information content (AvgIpc) is 3.09. The number of hydrogen-bond donors (Lipinski definition) is 0. The highest BCUT2D eigenvalue weighted by Crippen LogP contribution is 2.51. The first-order valence-corrected chi connectivity index (χ1v) is 9.81. The monoisotopic (exact) mass is 359 g/mol. The number of aromatic nitrogens is 2. The van der Waals surface area contributed by atoms with Gasteiger partial charge < -0.3 is 4.90 Å². The third-order valence-corrected chi connectivity index (χ3v) is 6.41. The number of nitrogens with zero attached hydrogens (tertiary/aromatic N) is 3. The summed E-state index contributed by atoms with van der Waals surface area (Å²) >= 11 is 0. The molecule has 3 aliphatic rings. The van der Waals surface area contributed by atoms with Crippen LogP contribution in [0.3, 0.4) is 0 Å². The minimum absolute atomic E-state index is 0.897. The Hall–Kier alpha value is -3.46. The second-order valence-corrected chi connectivity index (χ2v) is 7.93. The van der Waals surface area contributed by atoms with E-state index in [-0.39, 0.29) is 0 Å². The Bertz CT molecular complexity index is 1310. The van der Waals surface area contributed by atoms with E-state index in [1.165, 1.54) is 61.7 Å². The molecule has 0 spiro atoms. The van der Waals surface area contributed by atoms with E-state index in [9.17, 15) is 0 Å². The first-order valence-electron chi connectivity index (χ1n) is 9.81. The normalized spacial score (nSPS) is 14.6. The van der Waals surface area contributed by atoms with Crippen LogP contribution in [0.25, 0.3) is 11.1 Å². The molecule has 3 nitrogen and oxygen atoms in total. The minimum Gasteiger partial charge on any atom is -0.306 e. The molecule has 0 N–H and O–H groups in total. The molecule has 0 radical (unpaired) electrons. The Labute approximate surface area is 163 Å². The zero-order valence-corrected chi connectivity index (χ0v) is 15.3. The van der Waals surface area contributed by atoms with Gasteiger partial charge in [0.1, 0.15) is 0 Å². The van der Waals surface area contributed by atoms with Crippen molar-refractivity contribution in [3.05, 3.63) is 101 Å². The molecular formula is C25H17N3. The lowest BCUT2D eigenvalue weighted by atomic mass is 9.88. The summed E-state index contributed by atoms with van der Waals surface area (Å²) in [5.41, 5.74) is 14.6. The molecule has 2 aromatic carbocycles. The third kappa shape index (κ3) is 1.79. The summed E-state index contributed by atoms with van der Waals surface area (Å²) in [6.45, 7) is 0. The maximum atomic E-state index is 4.75. The van der Waals surface area contributed by atoms with Crippen LogP contribution < -0.4 is 4.90 Å². The third-order valence-electron chi connectivity index (χ3n) is 6.41. The van der Waals surface area contributed by atoms with Gasteiger partial charge in [0, 0.05) is 25.2 Å². The van der Waals surface area contributed by atoms with Gasteiger partial charge in [-0.2, -0.15) is 0 Å². The fourth-order valence-corrected chi connectivity index (χ4v) is 5.18. The number of rotatable bonds is 0. The Morgan fingerprint density at radius 2 is 1.57 bits per heavy atom. The first kappa shape index (κ1) is 14.6. The SMILES string of the molecule is c1ccc2c(c1)Cc1cc3c(cc1-2)N1c2cnccc2Cc2ccnc(c21)C3. The van der Waals surface area contributed by atoms with E-state index >= 15 is 0 Å². The lowest BCUT2D eigenvalue weighted by molar-refractivity contribution is 0.953. The van der Waals surface area contributed by atoms with Gasteiger partial charge in [-0.1, -0.05) is 30.3 Å². The van der Waals surface area contributed by atoms with Gasteiger partial charge in [-0.05, 0) is 63.6 Å². The van der Waals surface area contributed by atoms with Crippen molar-refractivity contribution in [2.75, 3.05) is 4.90 Å². The summed E-state index contributed by atoms with van der Waals surface area (Å²) < 4.78 is 0. The van der Waals surface area contributed by atoms with Crippen LogP contribution in [0.15, 0.2) is 67.1 Å². The number of pyridine rings is 2. The Kier molecular flexibility index (Phi) is 2.64. The van der Waals surface area contributed by atoms with Crippen molar-refractivity contribution in [3.8, 4) is 11.1 Å². The molecule has 0 unspecified atom stereocenters. The molecule has 28 heavy (non-hydrogen) atoms. The summed E-state index contributed by atoms with van der Waals surface area (Å²) in [5, 5.41) is 0. The molecule has 0 saturated heterocycles. The van der Waals surface area contributed by atoms with E-state index in [2.05, 4.69) is 58.4 Å². The highest BCUT2D eigenvalue weighted by molar-refractivity contribution is 5.91. The molecule has 0 atom stereocenters. The topological polar surface area (TPSA) is 29.0 Å². The molecule has 4 heterocycles. The van der Waals surface area contributed by atoms with Gasteiger partial charge >= 0.3 is 0 Å². The summed E-state index contributed by atoms with van der Waals surface area (Å²) in [4.78, 5) is 11.6. The molecular weight excluding hydrogens is 342 g/mol. The number of hydrogen-bond acceptors (Lipinski definition) is 3. The van der Waals surface area contributed by atoms with Crippen LogP contribution in [-0.2, 0) is 19.3 Å². The molecule has 0 amide bonds. The van der Waals surface area contributed by atoms with E-state index in [1.54, 1.807) is 0 Å². The van der Waals surface area contributed by atoms with Crippen LogP contribution in [0.1, 0.15) is 33.5 Å². The van der Waals surface area contributed by atoms with E-state index in [1.807, 2.05) is 18.6 Å². The van der Waals surface area contributed by atoms with Crippen LogP contribution in [0, 0.1) is 0 Å². The molecule has 0 fully saturated rings. The van der Waals surface area contributed by atoms with Crippen LogP contribution >= 0.6 is 0 Å². The summed E-state index contributed by atoms with van der Waals surface area (Å²) in [6, 6.07) is 17.9. The van der Waals surface area contributed by atoms with Gasteiger partial charge in [0.15, 0.2) is 0 Å².